The number of hydrogen-bond acceptors (Lipinski definition) is 2. The van der Waals surface area contributed by atoms with E-state index in [2.05, 4.69) is 19.2 Å². The highest BCUT2D eigenvalue weighted by Gasteiger charge is 2.21. The Labute approximate surface area is 119 Å². The lowest BCUT2D eigenvalue weighted by molar-refractivity contribution is -0.134. The number of carboxylic acids is 1. The highest BCUT2D eigenvalue weighted by Crippen LogP contribution is 2.29. The maximum absolute atomic E-state index is 9.00. The van der Waals surface area contributed by atoms with Gasteiger partial charge in [-0.3, -0.25) is 4.79 Å². The molecule has 0 aromatic rings. The van der Waals surface area contributed by atoms with Crippen LogP contribution < -0.4 is 5.32 Å². The minimum atomic E-state index is -0.833. The van der Waals surface area contributed by atoms with Gasteiger partial charge in [0.1, 0.15) is 0 Å². The fraction of sp³-hybridized carbons (Fsp3) is 0.938. The summed E-state index contributed by atoms with van der Waals surface area (Å²) in [6, 6.07) is 0. The molecule has 0 aromatic heterocycles. The largest absolute Gasteiger partial charge is 0.481 e. The number of carbonyl (C=O) groups is 1. The van der Waals surface area contributed by atoms with Gasteiger partial charge in [0.25, 0.3) is 5.97 Å². The number of aliphatic carboxylic acids is 1. The quantitative estimate of drug-likeness (QED) is 0.686. The Bertz CT molecular complexity index is 209. The molecule has 19 heavy (non-hydrogen) atoms. The fourth-order valence-corrected chi connectivity index (χ4v) is 2.92. The first kappa shape index (κ1) is 18.4. The van der Waals surface area contributed by atoms with Crippen LogP contribution in [0.3, 0.4) is 0 Å². The first-order chi connectivity index (χ1) is 9.11. The summed E-state index contributed by atoms with van der Waals surface area (Å²) < 4.78 is 0. The third-order valence-corrected chi connectivity index (χ3v) is 4.00. The third-order valence-electron chi connectivity index (χ3n) is 4.00. The zero-order valence-electron chi connectivity index (χ0n) is 13.1. The van der Waals surface area contributed by atoms with Gasteiger partial charge < -0.3 is 10.4 Å². The van der Waals surface area contributed by atoms with Gasteiger partial charge >= 0.3 is 0 Å². The van der Waals surface area contributed by atoms with Gasteiger partial charge in [-0.2, -0.15) is 0 Å². The van der Waals surface area contributed by atoms with Crippen LogP contribution in [0.15, 0.2) is 0 Å². The summed E-state index contributed by atoms with van der Waals surface area (Å²) in [5.74, 6) is 1.21. The van der Waals surface area contributed by atoms with Crippen molar-refractivity contribution in [3.63, 3.8) is 0 Å². The highest BCUT2D eigenvalue weighted by atomic mass is 16.4. The lowest BCUT2D eigenvalue weighted by Crippen LogP contribution is -2.31. The smallest absolute Gasteiger partial charge is 0.300 e. The van der Waals surface area contributed by atoms with Gasteiger partial charge in [-0.1, -0.05) is 52.4 Å². The molecule has 1 aliphatic rings. The van der Waals surface area contributed by atoms with Gasteiger partial charge in [-0.05, 0) is 37.8 Å². The molecule has 1 unspecified atom stereocenters. The molecule has 1 heterocycles. The maximum atomic E-state index is 9.00. The Hall–Kier alpha value is -0.570. The van der Waals surface area contributed by atoms with Crippen molar-refractivity contribution < 1.29 is 9.90 Å². The van der Waals surface area contributed by atoms with Gasteiger partial charge in [-0.25, -0.2) is 0 Å². The van der Waals surface area contributed by atoms with E-state index in [-0.39, 0.29) is 0 Å². The van der Waals surface area contributed by atoms with Crippen LogP contribution in [0, 0.1) is 11.8 Å². The number of unbranched alkanes of at least 4 members (excludes halogenated alkanes) is 3. The third kappa shape index (κ3) is 11.0. The van der Waals surface area contributed by atoms with Gasteiger partial charge in [-0.15, -0.1) is 0 Å². The number of nitrogens with one attached hydrogen (secondary N) is 1. The first-order valence-electron chi connectivity index (χ1n) is 8.02. The summed E-state index contributed by atoms with van der Waals surface area (Å²) in [5, 5.41) is 10.9. The summed E-state index contributed by atoms with van der Waals surface area (Å²) in [4.78, 5) is 9.00. The molecule has 0 spiro atoms. The molecule has 1 rings (SSSR count). The summed E-state index contributed by atoms with van der Waals surface area (Å²) >= 11 is 0. The lowest BCUT2D eigenvalue weighted by Gasteiger charge is -2.30. The molecular formula is C16H33NO2. The fourth-order valence-electron chi connectivity index (χ4n) is 2.92. The first-order valence-corrected chi connectivity index (χ1v) is 8.02. The minimum Gasteiger partial charge on any atom is -0.481 e. The van der Waals surface area contributed by atoms with Crippen molar-refractivity contribution in [1.29, 1.82) is 0 Å². The molecule has 0 aliphatic carbocycles. The lowest BCUT2D eigenvalue weighted by atomic mass is 9.80. The van der Waals surface area contributed by atoms with Crippen molar-refractivity contribution in [1.82, 2.24) is 5.32 Å². The molecule has 3 nitrogen and oxygen atoms in total. The zero-order valence-corrected chi connectivity index (χ0v) is 13.1. The minimum absolute atomic E-state index is 0.833. The molecule has 3 heteroatoms. The summed E-state index contributed by atoms with van der Waals surface area (Å²) in [5.41, 5.74) is 0. The molecule has 0 saturated carbocycles. The normalized spacial score (nSPS) is 17.4. The Morgan fingerprint density at radius 2 is 1.79 bits per heavy atom. The Balaban J connectivity index is 0.000000711. The molecule has 114 valence electrons. The Kier molecular flexibility index (Phi) is 12.1. The van der Waals surface area contributed by atoms with Crippen LogP contribution in [0.4, 0.5) is 0 Å². The van der Waals surface area contributed by atoms with Crippen LogP contribution in [-0.2, 0) is 4.79 Å². The van der Waals surface area contributed by atoms with Gasteiger partial charge in [0, 0.05) is 6.92 Å². The van der Waals surface area contributed by atoms with Gasteiger partial charge in [0.05, 0.1) is 0 Å². The van der Waals surface area contributed by atoms with Crippen molar-refractivity contribution >= 4 is 5.97 Å². The van der Waals surface area contributed by atoms with E-state index in [9.17, 15) is 0 Å². The van der Waals surface area contributed by atoms with E-state index < -0.39 is 5.97 Å². The van der Waals surface area contributed by atoms with Crippen LogP contribution in [0.2, 0.25) is 0 Å². The average Bonchev–Trinajstić information content (AvgIpc) is 2.39. The van der Waals surface area contributed by atoms with Crippen molar-refractivity contribution in [2.75, 3.05) is 13.1 Å². The van der Waals surface area contributed by atoms with E-state index in [1.807, 2.05) is 0 Å². The maximum Gasteiger partial charge on any atom is 0.300 e. The second kappa shape index (κ2) is 12.5. The van der Waals surface area contributed by atoms with E-state index in [0.717, 1.165) is 18.8 Å². The van der Waals surface area contributed by atoms with Gasteiger partial charge in [0.2, 0.25) is 0 Å². The molecular weight excluding hydrogens is 238 g/mol. The average molecular weight is 271 g/mol. The number of hydrogen-bond donors (Lipinski definition) is 2. The highest BCUT2D eigenvalue weighted by molar-refractivity contribution is 5.62. The molecule has 1 aliphatic heterocycles. The van der Waals surface area contributed by atoms with Gasteiger partial charge in [0.15, 0.2) is 0 Å². The predicted octanol–water partition coefficient (Wildman–Crippen LogP) is 4.07. The summed E-state index contributed by atoms with van der Waals surface area (Å²) in [7, 11) is 0. The second-order valence-corrected chi connectivity index (χ2v) is 5.62. The standard InChI is InChI=1S/C14H29N.C2H4O2/c1-3-5-6-7-8-13(4-2)14-9-11-15-12-10-14;1-2(3)4/h13-15H,3-12H2,1-2H3;1H3,(H,3,4). The Morgan fingerprint density at radius 3 is 2.26 bits per heavy atom. The monoisotopic (exact) mass is 271 g/mol. The van der Waals surface area contributed by atoms with Crippen molar-refractivity contribution in [3.8, 4) is 0 Å². The van der Waals surface area contributed by atoms with E-state index >= 15 is 0 Å². The van der Waals surface area contributed by atoms with E-state index in [4.69, 9.17) is 9.90 Å². The molecule has 1 atom stereocenters. The van der Waals surface area contributed by atoms with Crippen molar-refractivity contribution in [2.45, 2.75) is 72.1 Å². The molecule has 0 bridgehead atoms. The molecule has 1 saturated heterocycles. The number of carboxylic acid groups (broad SMARTS) is 1. The van der Waals surface area contributed by atoms with E-state index in [1.54, 1.807) is 0 Å². The van der Waals surface area contributed by atoms with Crippen LogP contribution in [0.1, 0.15) is 72.1 Å². The molecule has 2 N–H and O–H groups in total. The summed E-state index contributed by atoms with van der Waals surface area (Å²) in [6.07, 6.45) is 11.5. The van der Waals surface area contributed by atoms with E-state index in [0.29, 0.717) is 0 Å². The SMILES string of the molecule is CC(=O)O.CCCCCCC(CC)C1CCNCC1. The zero-order chi connectivity index (χ0) is 14.5. The van der Waals surface area contributed by atoms with Crippen LogP contribution in [0.5, 0.6) is 0 Å². The number of rotatable bonds is 7. The number of piperidine rings is 1. The molecule has 1 fully saturated rings. The van der Waals surface area contributed by atoms with E-state index in [1.165, 1.54) is 64.5 Å². The topological polar surface area (TPSA) is 49.3 Å². The van der Waals surface area contributed by atoms with Crippen molar-refractivity contribution in [2.24, 2.45) is 11.8 Å². The second-order valence-electron chi connectivity index (χ2n) is 5.62. The Morgan fingerprint density at radius 1 is 1.21 bits per heavy atom. The van der Waals surface area contributed by atoms with Crippen molar-refractivity contribution in [3.05, 3.63) is 0 Å². The predicted molar refractivity (Wildman–Crippen MR) is 81.4 cm³/mol. The summed E-state index contributed by atoms with van der Waals surface area (Å²) in [6.45, 7) is 8.28. The van der Waals surface area contributed by atoms with Crippen LogP contribution >= 0.6 is 0 Å². The molecule has 0 radical (unpaired) electrons. The van der Waals surface area contributed by atoms with Crippen LogP contribution in [0.25, 0.3) is 0 Å². The molecule has 0 amide bonds. The molecule has 0 aromatic carbocycles. The van der Waals surface area contributed by atoms with Crippen LogP contribution in [-0.4, -0.2) is 24.2 Å².